The number of nitrogens with zero attached hydrogens (tertiary/aromatic N) is 2. The van der Waals surface area contributed by atoms with E-state index in [1.807, 2.05) is 18.3 Å². The third-order valence-corrected chi connectivity index (χ3v) is 5.30. The Hall–Kier alpha value is -2.03. The molecule has 1 aromatic carbocycles. The first-order valence-corrected chi connectivity index (χ1v) is 9.60. The standard InChI is InChI=1S/C19H22IN3O3/c1-25-16-9-14(15(20)10-17(16)26-2)19(24)22-12-13-5-6-18(21-11-13)23-7-3-4-8-23/h5-6,9-11H,3-4,7-8,12H2,1-2H3,(H,22,24). The second-order valence-corrected chi connectivity index (χ2v) is 7.25. The lowest BCUT2D eigenvalue weighted by Crippen LogP contribution is -2.24. The van der Waals surface area contributed by atoms with Crippen LogP contribution in [-0.2, 0) is 6.54 Å². The van der Waals surface area contributed by atoms with Crippen LogP contribution in [0.1, 0.15) is 28.8 Å². The van der Waals surface area contributed by atoms with Gasteiger partial charge in [-0.1, -0.05) is 6.07 Å². The molecule has 138 valence electrons. The van der Waals surface area contributed by atoms with Crippen molar-refractivity contribution in [1.82, 2.24) is 10.3 Å². The summed E-state index contributed by atoms with van der Waals surface area (Å²) in [4.78, 5) is 19.3. The van der Waals surface area contributed by atoms with Gasteiger partial charge in [0.15, 0.2) is 11.5 Å². The van der Waals surface area contributed by atoms with Crippen LogP contribution in [0.4, 0.5) is 5.82 Å². The van der Waals surface area contributed by atoms with Crippen molar-refractivity contribution < 1.29 is 14.3 Å². The van der Waals surface area contributed by atoms with E-state index in [0.717, 1.165) is 28.0 Å². The molecule has 0 radical (unpaired) electrons. The second kappa shape index (κ2) is 8.57. The summed E-state index contributed by atoms with van der Waals surface area (Å²) in [6.07, 6.45) is 4.28. The number of pyridine rings is 1. The topological polar surface area (TPSA) is 63.7 Å². The molecule has 0 atom stereocenters. The predicted octanol–water partition coefficient (Wildman–Crippen LogP) is 3.23. The fourth-order valence-electron chi connectivity index (χ4n) is 2.96. The Morgan fingerprint density at radius 3 is 2.50 bits per heavy atom. The van der Waals surface area contributed by atoms with Gasteiger partial charge in [-0.3, -0.25) is 4.79 Å². The average molecular weight is 467 g/mol. The smallest absolute Gasteiger partial charge is 0.252 e. The van der Waals surface area contributed by atoms with E-state index in [2.05, 4.69) is 37.8 Å². The summed E-state index contributed by atoms with van der Waals surface area (Å²) in [5.41, 5.74) is 1.53. The normalized spacial score (nSPS) is 13.6. The zero-order valence-electron chi connectivity index (χ0n) is 14.9. The number of ether oxygens (including phenoxy) is 2. The number of carbonyl (C=O) groups is 1. The molecule has 0 saturated carbocycles. The SMILES string of the molecule is COc1cc(I)c(C(=O)NCc2ccc(N3CCCC3)nc2)cc1OC. The van der Waals surface area contributed by atoms with E-state index in [-0.39, 0.29) is 5.91 Å². The minimum atomic E-state index is -0.154. The van der Waals surface area contributed by atoms with Gasteiger partial charge in [0.25, 0.3) is 5.91 Å². The molecule has 0 bridgehead atoms. The van der Waals surface area contributed by atoms with E-state index in [9.17, 15) is 4.79 Å². The molecule has 0 spiro atoms. The number of hydrogen-bond acceptors (Lipinski definition) is 5. The number of hydrogen-bond donors (Lipinski definition) is 1. The van der Waals surface area contributed by atoms with E-state index in [4.69, 9.17) is 9.47 Å². The first-order chi connectivity index (χ1) is 12.6. The van der Waals surface area contributed by atoms with Crippen LogP contribution < -0.4 is 19.7 Å². The fourth-order valence-corrected chi connectivity index (χ4v) is 3.64. The van der Waals surface area contributed by atoms with E-state index in [0.29, 0.717) is 23.6 Å². The van der Waals surface area contributed by atoms with E-state index < -0.39 is 0 Å². The first kappa shape index (κ1) is 18.8. The maximum Gasteiger partial charge on any atom is 0.252 e. The van der Waals surface area contributed by atoms with Gasteiger partial charge in [-0.25, -0.2) is 4.98 Å². The summed E-state index contributed by atoms with van der Waals surface area (Å²) < 4.78 is 11.4. The summed E-state index contributed by atoms with van der Waals surface area (Å²) in [5.74, 6) is 2.00. The van der Waals surface area contributed by atoms with Gasteiger partial charge >= 0.3 is 0 Å². The number of anilines is 1. The van der Waals surface area contributed by atoms with Gasteiger partial charge < -0.3 is 19.7 Å². The number of nitrogens with one attached hydrogen (secondary N) is 1. The maximum atomic E-state index is 12.5. The van der Waals surface area contributed by atoms with Crippen molar-refractivity contribution in [1.29, 1.82) is 0 Å². The van der Waals surface area contributed by atoms with Crippen LogP contribution >= 0.6 is 22.6 Å². The number of rotatable bonds is 6. The lowest BCUT2D eigenvalue weighted by molar-refractivity contribution is 0.0949. The van der Waals surface area contributed by atoms with Crippen LogP contribution in [0.5, 0.6) is 11.5 Å². The van der Waals surface area contributed by atoms with E-state index in [1.165, 1.54) is 12.8 Å². The summed E-state index contributed by atoms with van der Waals surface area (Å²) in [6, 6.07) is 7.53. The summed E-state index contributed by atoms with van der Waals surface area (Å²) >= 11 is 2.12. The first-order valence-electron chi connectivity index (χ1n) is 8.52. The number of methoxy groups -OCH3 is 2. The summed E-state index contributed by atoms with van der Waals surface area (Å²) in [5, 5.41) is 2.94. The van der Waals surface area contributed by atoms with Crippen molar-refractivity contribution in [3.63, 3.8) is 0 Å². The molecular weight excluding hydrogens is 445 g/mol. The van der Waals surface area contributed by atoms with Gasteiger partial charge in [-0.05, 0) is 59.2 Å². The fraction of sp³-hybridized carbons (Fsp3) is 0.368. The molecule has 6 nitrogen and oxygen atoms in total. The summed E-state index contributed by atoms with van der Waals surface area (Å²) in [6.45, 7) is 2.57. The number of aromatic nitrogens is 1. The van der Waals surface area contributed by atoms with Crippen molar-refractivity contribution in [2.45, 2.75) is 19.4 Å². The summed E-state index contributed by atoms with van der Waals surface area (Å²) in [7, 11) is 3.13. The van der Waals surface area contributed by atoms with E-state index in [1.54, 1.807) is 26.4 Å². The quantitative estimate of drug-likeness (QED) is 0.662. The third kappa shape index (κ3) is 4.20. The molecule has 1 aliphatic heterocycles. The molecule has 0 aliphatic carbocycles. The molecule has 1 saturated heterocycles. The van der Waals surface area contributed by atoms with E-state index >= 15 is 0 Å². The number of carbonyl (C=O) groups excluding carboxylic acids is 1. The molecule has 1 amide bonds. The van der Waals surface area contributed by atoms with Gasteiger partial charge in [0.05, 0.1) is 19.8 Å². The van der Waals surface area contributed by atoms with Crippen LogP contribution in [0.25, 0.3) is 0 Å². The van der Waals surface area contributed by atoms with Crippen LogP contribution in [-0.4, -0.2) is 38.2 Å². The Morgan fingerprint density at radius 1 is 1.19 bits per heavy atom. The highest BCUT2D eigenvalue weighted by molar-refractivity contribution is 14.1. The van der Waals surface area contributed by atoms with Crippen molar-refractivity contribution in [3.05, 3.63) is 45.2 Å². The molecule has 1 fully saturated rings. The molecule has 7 heteroatoms. The molecule has 0 unspecified atom stereocenters. The highest BCUT2D eigenvalue weighted by Crippen LogP contribution is 2.31. The third-order valence-electron chi connectivity index (χ3n) is 4.41. The second-order valence-electron chi connectivity index (χ2n) is 6.09. The van der Waals surface area contributed by atoms with Crippen molar-refractivity contribution in [2.75, 3.05) is 32.2 Å². The van der Waals surface area contributed by atoms with Gasteiger partial charge in [0, 0.05) is 29.4 Å². The molecule has 3 rings (SSSR count). The highest BCUT2D eigenvalue weighted by atomic mass is 127. The maximum absolute atomic E-state index is 12.5. The largest absolute Gasteiger partial charge is 0.493 e. The monoisotopic (exact) mass is 467 g/mol. The Bertz CT molecular complexity index is 774. The van der Waals surface area contributed by atoms with Crippen LogP contribution in [0, 0.1) is 3.57 Å². The molecule has 1 aromatic heterocycles. The van der Waals surface area contributed by atoms with Crippen molar-refractivity contribution in [2.24, 2.45) is 0 Å². The molecule has 2 heterocycles. The van der Waals surface area contributed by atoms with Gasteiger partial charge in [0.1, 0.15) is 5.82 Å². The molecule has 1 aliphatic rings. The highest BCUT2D eigenvalue weighted by Gasteiger charge is 2.16. The Labute approximate surface area is 167 Å². The van der Waals surface area contributed by atoms with Crippen LogP contribution in [0.3, 0.4) is 0 Å². The lowest BCUT2D eigenvalue weighted by Gasteiger charge is -2.16. The average Bonchev–Trinajstić information content (AvgIpc) is 3.21. The minimum Gasteiger partial charge on any atom is -0.493 e. The van der Waals surface area contributed by atoms with Gasteiger partial charge in [0.2, 0.25) is 0 Å². The van der Waals surface area contributed by atoms with Crippen LogP contribution in [0.2, 0.25) is 0 Å². The van der Waals surface area contributed by atoms with Gasteiger partial charge in [-0.15, -0.1) is 0 Å². The lowest BCUT2D eigenvalue weighted by atomic mass is 10.2. The zero-order valence-corrected chi connectivity index (χ0v) is 17.1. The Kier molecular flexibility index (Phi) is 6.18. The number of halogens is 1. The van der Waals surface area contributed by atoms with Crippen molar-refractivity contribution >= 4 is 34.3 Å². The molecule has 1 N–H and O–H groups in total. The molecule has 26 heavy (non-hydrogen) atoms. The zero-order chi connectivity index (χ0) is 18.5. The molecular formula is C19H22IN3O3. The minimum absolute atomic E-state index is 0.154. The number of benzene rings is 1. The van der Waals surface area contributed by atoms with Crippen molar-refractivity contribution in [3.8, 4) is 11.5 Å². The van der Waals surface area contributed by atoms with Crippen LogP contribution in [0.15, 0.2) is 30.5 Å². The Morgan fingerprint density at radius 2 is 1.88 bits per heavy atom. The Balaban J connectivity index is 1.65. The molecule has 2 aromatic rings. The number of amides is 1. The van der Waals surface area contributed by atoms with Gasteiger partial charge in [-0.2, -0.15) is 0 Å². The predicted molar refractivity (Wildman–Crippen MR) is 109 cm³/mol.